The van der Waals surface area contributed by atoms with Crippen LogP contribution in [0.2, 0.25) is 0 Å². The second kappa shape index (κ2) is 9.24. The third-order valence-corrected chi connectivity index (χ3v) is 5.77. The number of benzene rings is 1. The van der Waals surface area contributed by atoms with Crippen molar-refractivity contribution in [2.24, 2.45) is 5.92 Å². The van der Waals surface area contributed by atoms with Gasteiger partial charge in [0.25, 0.3) is 0 Å². The number of aromatic nitrogens is 1. The van der Waals surface area contributed by atoms with Gasteiger partial charge in [0.1, 0.15) is 0 Å². The molecule has 4 heteroatoms. The van der Waals surface area contributed by atoms with Crippen LogP contribution in [0.1, 0.15) is 44.7 Å². The van der Waals surface area contributed by atoms with E-state index in [1.54, 1.807) is 0 Å². The summed E-state index contributed by atoms with van der Waals surface area (Å²) in [5, 5.41) is 4.67. The largest absolute Gasteiger partial charge is 0.361 e. The molecule has 0 saturated carbocycles. The molecular weight excluding hydrogens is 346 g/mol. The molecule has 150 valence electrons. The lowest BCUT2D eigenvalue weighted by atomic mass is 9.86. The molecular formula is C24H33N3O. The molecule has 0 radical (unpaired) electrons. The van der Waals surface area contributed by atoms with Gasteiger partial charge in [-0.25, -0.2) is 0 Å². The fourth-order valence-electron chi connectivity index (χ4n) is 4.16. The summed E-state index contributed by atoms with van der Waals surface area (Å²) in [4.78, 5) is 18.4. The number of amides is 1. The molecule has 1 aromatic heterocycles. The highest BCUT2D eigenvalue weighted by Crippen LogP contribution is 2.37. The minimum absolute atomic E-state index is 0.122. The molecule has 4 nitrogen and oxygen atoms in total. The Kier molecular flexibility index (Phi) is 6.74. The van der Waals surface area contributed by atoms with Crippen LogP contribution in [0.5, 0.6) is 0 Å². The molecule has 2 unspecified atom stereocenters. The lowest BCUT2D eigenvalue weighted by Crippen LogP contribution is -2.52. The number of rotatable bonds is 6. The number of H-pyrrole nitrogens is 1. The minimum atomic E-state index is -0.122. The van der Waals surface area contributed by atoms with Crippen molar-refractivity contribution in [3.05, 3.63) is 54.3 Å². The van der Waals surface area contributed by atoms with Crippen LogP contribution in [-0.2, 0) is 11.2 Å². The summed E-state index contributed by atoms with van der Waals surface area (Å²) in [5.74, 6) is 0.128. The average molecular weight is 380 g/mol. The quantitative estimate of drug-likeness (QED) is 0.572. The molecule has 1 saturated heterocycles. The Hall–Kier alpha value is -2.33. The Morgan fingerprint density at radius 3 is 2.89 bits per heavy atom. The van der Waals surface area contributed by atoms with Gasteiger partial charge in [0.2, 0.25) is 5.91 Å². The Bertz CT molecular complexity index is 864. The number of carbonyl (C=O) groups excluding carboxylic acids is 1. The predicted octanol–water partition coefficient (Wildman–Crippen LogP) is 4.54. The first kappa shape index (κ1) is 20.4. The van der Waals surface area contributed by atoms with Gasteiger partial charge in [-0.2, -0.15) is 0 Å². The summed E-state index contributed by atoms with van der Waals surface area (Å²) in [7, 11) is 0. The zero-order chi connectivity index (χ0) is 20.1. The maximum Gasteiger partial charge on any atom is 0.231 e. The number of carbonyl (C=O) groups is 1. The fraction of sp³-hybridized carbons (Fsp3) is 0.458. The van der Waals surface area contributed by atoms with Crippen LogP contribution in [0.3, 0.4) is 0 Å². The number of hydrogen-bond donors (Lipinski definition) is 2. The first-order chi connectivity index (χ1) is 13.7. The summed E-state index contributed by atoms with van der Waals surface area (Å²) in [5.41, 5.74) is 5.15. The van der Waals surface area contributed by atoms with Gasteiger partial charge in [-0.3, -0.25) is 4.79 Å². The Labute approximate surface area is 168 Å². The van der Waals surface area contributed by atoms with Gasteiger partial charge < -0.3 is 15.2 Å². The van der Waals surface area contributed by atoms with Crippen LogP contribution in [0, 0.1) is 5.92 Å². The van der Waals surface area contributed by atoms with Gasteiger partial charge in [0.15, 0.2) is 0 Å². The maximum absolute atomic E-state index is 13.1. The van der Waals surface area contributed by atoms with Crippen LogP contribution < -0.4 is 5.32 Å². The Morgan fingerprint density at radius 2 is 2.21 bits per heavy atom. The van der Waals surface area contributed by atoms with Gasteiger partial charge in [0, 0.05) is 42.8 Å². The highest BCUT2D eigenvalue weighted by Gasteiger charge is 2.32. The van der Waals surface area contributed by atoms with Crippen molar-refractivity contribution in [3.8, 4) is 0 Å². The first-order valence-electron chi connectivity index (χ1n) is 10.6. The minimum Gasteiger partial charge on any atom is -0.361 e. The lowest BCUT2D eigenvalue weighted by molar-refractivity contribution is -0.140. The van der Waals surface area contributed by atoms with E-state index in [1.807, 2.05) is 24.8 Å². The smallest absolute Gasteiger partial charge is 0.231 e. The second-order valence-electron chi connectivity index (χ2n) is 7.46. The zero-order valence-corrected chi connectivity index (χ0v) is 17.4. The molecule has 2 N–H and O–H groups in total. The molecule has 0 bridgehead atoms. The molecule has 4 rings (SSSR count). The number of hydrogen-bond acceptors (Lipinski definition) is 2. The topological polar surface area (TPSA) is 48.1 Å². The van der Waals surface area contributed by atoms with Crippen molar-refractivity contribution in [1.29, 1.82) is 0 Å². The van der Waals surface area contributed by atoms with Crippen LogP contribution in [0.4, 0.5) is 0 Å². The van der Waals surface area contributed by atoms with Gasteiger partial charge in [-0.1, -0.05) is 38.1 Å². The van der Waals surface area contributed by atoms with Gasteiger partial charge in [-0.15, -0.1) is 6.58 Å². The second-order valence-corrected chi connectivity index (χ2v) is 7.46. The van der Waals surface area contributed by atoms with Crippen molar-refractivity contribution in [2.75, 3.05) is 19.6 Å². The molecule has 1 aliphatic carbocycles. The third-order valence-electron chi connectivity index (χ3n) is 5.77. The number of allylic oxidation sites excluding steroid dienone is 1. The monoisotopic (exact) mass is 379 g/mol. The van der Waals surface area contributed by atoms with Crippen molar-refractivity contribution < 1.29 is 4.79 Å². The van der Waals surface area contributed by atoms with E-state index in [-0.39, 0.29) is 11.8 Å². The molecule has 1 fully saturated rings. The number of likely N-dealkylation sites (tertiary alicyclic amines) is 1. The van der Waals surface area contributed by atoms with E-state index in [2.05, 4.69) is 54.3 Å². The van der Waals surface area contributed by atoms with E-state index >= 15 is 0 Å². The third kappa shape index (κ3) is 3.93. The fourth-order valence-corrected chi connectivity index (χ4v) is 4.16. The molecule has 28 heavy (non-hydrogen) atoms. The first-order valence-corrected chi connectivity index (χ1v) is 10.6. The van der Waals surface area contributed by atoms with E-state index in [1.165, 1.54) is 27.6 Å². The zero-order valence-electron chi connectivity index (χ0n) is 17.4. The van der Waals surface area contributed by atoms with Crippen molar-refractivity contribution >= 4 is 22.4 Å². The summed E-state index contributed by atoms with van der Waals surface area (Å²) in [6, 6.07) is 6.78. The van der Waals surface area contributed by atoms with E-state index in [9.17, 15) is 4.79 Å². The standard InChI is InChI=1S/C22H27N3O.C2H6/c1-3-10-23-13-18(22(26)25-11-9-15(25)2)12-16-7-8-17-14-24-20-6-4-5-19(16)21(17)20;1-2/h3-6,12,14-15,18,23-24H,1,7-11,13H2,2H3;1-2H3/b16-12+;. The summed E-state index contributed by atoms with van der Waals surface area (Å²) < 4.78 is 0. The summed E-state index contributed by atoms with van der Waals surface area (Å²) >= 11 is 0. The van der Waals surface area contributed by atoms with Crippen molar-refractivity contribution in [1.82, 2.24) is 15.2 Å². The Morgan fingerprint density at radius 1 is 1.39 bits per heavy atom. The SMILES string of the molecule is C=CCNCC(/C=C1\CCc2c[nH]c3cccc1c23)C(=O)N1CCC1C.CC. The number of aromatic amines is 1. The molecule has 2 aromatic rings. The number of aryl methyl sites for hydroxylation is 1. The van der Waals surface area contributed by atoms with Gasteiger partial charge in [-0.05, 0) is 49.0 Å². The average Bonchev–Trinajstić information content (AvgIpc) is 3.14. The molecule has 1 amide bonds. The van der Waals surface area contributed by atoms with Gasteiger partial charge in [0.05, 0.1) is 5.92 Å². The van der Waals surface area contributed by atoms with Crippen LogP contribution in [0.25, 0.3) is 16.5 Å². The van der Waals surface area contributed by atoms with E-state index in [0.717, 1.165) is 32.4 Å². The van der Waals surface area contributed by atoms with Crippen LogP contribution in [0.15, 0.2) is 43.1 Å². The Balaban J connectivity index is 0.00000109. The summed E-state index contributed by atoms with van der Waals surface area (Å²) in [6.07, 6.45) is 9.32. The highest BCUT2D eigenvalue weighted by molar-refractivity contribution is 5.97. The van der Waals surface area contributed by atoms with E-state index < -0.39 is 0 Å². The van der Waals surface area contributed by atoms with Crippen LogP contribution >= 0.6 is 0 Å². The van der Waals surface area contributed by atoms with Crippen molar-refractivity contribution in [3.63, 3.8) is 0 Å². The maximum atomic E-state index is 13.1. The highest BCUT2D eigenvalue weighted by atomic mass is 16.2. The summed E-state index contributed by atoms with van der Waals surface area (Å²) in [6.45, 7) is 12.2. The van der Waals surface area contributed by atoms with E-state index in [4.69, 9.17) is 0 Å². The van der Waals surface area contributed by atoms with E-state index in [0.29, 0.717) is 12.6 Å². The number of nitrogens with zero attached hydrogens (tertiary/aromatic N) is 1. The number of nitrogens with one attached hydrogen (secondary N) is 2. The van der Waals surface area contributed by atoms with Crippen LogP contribution in [-0.4, -0.2) is 41.5 Å². The molecule has 2 heterocycles. The molecule has 1 aromatic carbocycles. The van der Waals surface area contributed by atoms with Crippen molar-refractivity contribution in [2.45, 2.75) is 46.1 Å². The van der Waals surface area contributed by atoms with Gasteiger partial charge >= 0.3 is 0 Å². The molecule has 2 aliphatic rings. The molecule has 0 spiro atoms. The lowest BCUT2D eigenvalue weighted by Gasteiger charge is -2.40. The predicted molar refractivity (Wildman–Crippen MR) is 118 cm³/mol. The molecule has 2 atom stereocenters. The normalized spacial score (nSPS) is 20.3. The molecule has 1 aliphatic heterocycles.